The maximum atomic E-state index is 12.6. The number of aromatic nitrogens is 1. The van der Waals surface area contributed by atoms with Gasteiger partial charge in [0.05, 0.1) is 12.1 Å². The number of hydrogen-bond donors (Lipinski definition) is 1. The molecule has 0 radical (unpaired) electrons. The second-order valence-corrected chi connectivity index (χ2v) is 5.51. The monoisotopic (exact) mass is 302 g/mol. The van der Waals surface area contributed by atoms with E-state index in [4.69, 9.17) is 0 Å². The van der Waals surface area contributed by atoms with Crippen LogP contribution in [0.25, 0.3) is 17.0 Å². The Morgan fingerprint density at radius 2 is 1.70 bits per heavy atom. The summed E-state index contributed by atoms with van der Waals surface area (Å²) in [6.45, 7) is 0. The van der Waals surface area contributed by atoms with Crippen LogP contribution < -0.4 is 4.90 Å². The lowest BCUT2D eigenvalue weighted by Crippen LogP contribution is -2.28. The van der Waals surface area contributed by atoms with Crippen molar-refractivity contribution in [3.8, 4) is 0 Å². The molecule has 1 aromatic heterocycles. The minimum Gasteiger partial charge on any atom is -0.361 e. The molecule has 0 bridgehead atoms. The van der Waals surface area contributed by atoms with E-state index in [1.807, 2.05) is 54.7 Å². The lowest BCUT2D eigenvalue weighted by molar-refractivity contribution is -0.120. The summed E-state index contributed by atoms with van der Waals surface area (Å²) >= 11 is 0. The van der Waals surface area contributed by atoms with Crippen molar-refractivity contribution < 1.29 is 9.59 Å². The van der Waals surface area contributed by atoms with Gasteiger partial charge in [-0.15, -0.1) is 0 Å². The molecular weight excluding hydrogens is 288 g/mol. The zero-order valence-electron chi connectivity index (χ0n) is 12.3. The Labute approximate surface area is 133 Å². The first-order valence-corrected chi connectivity index (χ1v) is 7.43. The number of amides is 2. The Balaban J connectivity index is 1.73. The Bertz CT molecular complexity index is 938. The molecule has 1 aliphatic rings. The summed E-state index contributed by atoms with van der Waals surface area (Å²) in [4.78, 5) is 29.3. The number of aromatic amines is 1. The predicted octanol–water partition coefficient (Wildman–Crippen LogP) is 3.51. The quantitative estimate of drug-likeness (QED) is 0.582. The molecule has 1 saturated heterocycles. The fourth-order valence-electron chi connectivity index (χ4n) is 2.93. The lowest BCUT2D eigenvalue weighted by atomic mass is 10.1. The van der Waals surface area contributed by atoms with E-state index >= 15 is 0 Å². The number of nitrogens with zero attached hydrogens (tertiary/aromatic N) is 1. The molecule has 2 amide bonds. The molecule has 1 fully saturated rings. The van der Waals surface area contributed by atoms with Crippen molar-refractivity contribution in [1.29, 1.82) is 0 Å². The van der Waals surface area contributed by atoms with Gasteiger partial charge in [-0.05, 0) is 24.3 Å². The predicted molar refractivity (Wildman–Crippen MR) is 89.8 cm³/mol. The second kappa shape index (κ2) is 5.25. The number of para-hydroxylation sites is 2. The molecule has 1 N–H and O–H groups in total. The van der Waals surface area contributed by atoms with Crippen LogP contribution in [0.4, 0.5) is 5.69 Å². The van der Waals surface area contributed by atoms with Crippen LogP contribution in [-0.2, 0) is 9.59 Å². The van der Waals surface area contributed by atoms with Crippen LogP contribution in [0.5, 0.6) is 0 Å². The van der Waals surface area contributed by atoms with Crippen LogP contribution in [0.15, 0.2) is 66.4 Å². The van der Waals surface area contributed by atoms with Gasteiger partial charge in [0.25, 0.3) is 5.91 Å². The normalized spacial score (nSPS) is 16.7. The smallest absolute Gasteiger partial charge is 0.261 e. The molecule has 3 aromatic rings. The first kappa shape index (κ1) is 13.5. The number of carbonyl (C=O) groups excluding carboxylic acids is 2. The van der Waals surface area contributed by atoms with Gasteiger partial charge in [0.15, 0.2) is 0 Å². The highest BCUT2D eigenvalue weighted by atomic mass is 16.2. The number of benzene rings is 2. The Kier molecular flexibility index (Phi) is 3.08. The van der Waals surface area contributed by atoms with E-state index < -0.39 is 0 Å². The van der Waals surface area contributed by atoms with Gasteiger partial charge >= 0.3 is 0 Å². The largest absolute Gasteiger partial charge is 0.361 e. The van der Waals surface area contributed by atoms with Crippen molar-refractivity contribution in [3.63, 3.8) is 0 Å². The molecule has 112 valence electrons. The summed E-state index contributed by atoms with van der Waals surface area (Å²) < 4.78 is 0. The maximum Gasteiger partial charge on any atom is 0.261 e. The van der Waals surface area contributed by atoms with Crippen LogP contribution in [0.2, 0.25) is 0 Å². The van der Waals surface area contributed by atoms with Crippen LogP contribution in [-0.4, -0.2) is 16.8 Å². The summed E-state index contributed by atoms with van der Waals surface area (Å²) in [6, 6.07) is 16.9. The van der Waals surface area contributed by atoms with Gasteiger partial charge in [0, 0.05) is 28.2 Å². The van der Waals surface area contributed by atoms with Gasteiger partial charge in [-0.3, -0.25) is 9.59 Å². The molecule has 4 rings (SSSR count). The van der Waals surface area contributed by atoms with Crippen molar-refractivity contribution in [1.82, 2.24) is 4.98 Å². The number of carbonyl (C=O) groups is 2. The second-order valence-electron chi connectivity index (χ2n) is 5.51. The molecule has 0 atom stereocenters. The number of nitrogens with one attached hydrogen (secondary N) is 1. The number of imide groups is 1. The molecule has 0 saturated carbocycles. The molecular formula is C19H14N2O2. The summed E-state index contributed by atoms with van der Waals surface area (Å²) in [6.07, 6.45) is 3.80. The Morgan fingerprint density at radius 1 is 0.957 bits per heavy atom. The number of rotatable bonds is 2. The summed E-state index contributed by atoms with van der Waals surface area (Å²) in [5, 5.41) is 1.04. The van der Waals surface area contributed by atoms with Crippen molar-refractivity contribution >= 4 is 34.5 Å². The molecule has 4 nitrogen and oxygen atoms in total. The highest BCUT2D eigenvalue weighted by Crippen LogP contribution is 2.28. The van der Waals surface area contributed by atoms with Crippen molar-refractivity contribution in [3.05, 3.63) is 71.9 Å². The van der Waals surface area contributed by atoms with E-state index in [9.17, 15) is 9.59 Å². The summed E-state index contributed by atoms with van der Waals surface area (Å²) in [7, 11) is 0. The van der Waals surface area contributed by atoms with Gasteiger partial charge in [0.2, 0.25) is 5.91 Å². The molecule has 23 heavy (non-hydrogen) atoms. The SMILES string of the molecule is O=C1C/C(=C/c2c[nH]c3ccccc23)C(=O)N1c1ccccc1. The van der Waals surface area contributed by atoms with E-state index in [1.165, 1.54) is 4.90 Å². The van der Waals surface area contributed by atoms with Crippen LogP contribution in [0.1, 0.15) is 12.0 Å². The Morgan fingerprint density at radius 3 is 2.52 bits per heavy atom. The van der Waals surface area contributed by atoms with Crippen molar-refractivity contribution in [2.75, 3.05) is 4.90 Å². The van der Waals surface area contributed by atoms with E-state index in [1.54, 1.807) is 12.1 Å². The minimum absolute atomic E-state index is 0.132. The topological polar surface area (TPSA) is 53.2 Å². The lowest BCUT2D eigenvalue weighted by Gasteiger charge is -2.12. The van der Waals surface area contributed by atoms with Gasteiger partial charge in [-0.1, -0.05) is 36.4 Å². The minimum atomic E-state index is -0.244. The van der Waals surface area contributed by atoms with Crippen LogP contribution >= 0.6 is 0 Å². The third-order valence-corrected chi connectivity index (χ3v) is 4.03. The third-order valence-electron chi connectivity index (χ3n) is 4.03. The molecule has 2 heterocycles. The average Bonchev–Trinajstić information content (AvgIpc) is 3.10. The summed E-state index contributed by atoms with van der Waals surface area (Å²) in [5.74, 6) is -0.432. The molecule has 1 aliphatic heterocycles. The van der Waals surface area contributed by atoms with Crippen LogP contribution in [0.3, 0.4) is 0 Å². The third kappa shape index (κ3) is 2.25. The van der Waals surface area contributed by atoms with E-state index in [0.29, 0.717) is 11.3 Å². The zero-order chi connectivity index (χ0) is 15.8. The first-order chi connectivity index (χ1) is 11.2. The van der Waals surface area contributed by atoms with Crippen molar-refractivity contribution in [2.45, 2.75) is 6.42 Å². The highest BCUT2D eigenvalue weighted by Gasteiger charge is 2.34. The fourth-order valence-corrected chi connectivity index (χ4v) is 2.93. The van der Waals surface area contributed by atoms with Gasteiger partial charge in [-0.2, -0.15) is 0 Å². The molecule has 2 aromatic carbocycles. The van der Waals surface area contributed by atoms with Gasteiger partial charge in [0.1, 0.15) is 0 Å². The average molecular weight is 302 g/mol. The maximum absolute atomic E-state index is 12.6. The number of hydrogen-bond acceptors (Lipinski definition) is 2. The number of fused-ring (bicyclic) bond motifs is 1. The van der Waals surface area contributed by atoms with Gasteiger partial charge in [-0.25, -0.2) is 4.90 Å². The fraction of sp³-hybridized carbons (Fsp3) is 0.0526. The Hall–Kier alpha value is -3.14. The molecule has 4 heteroatoms. The van der Waals surface area contributed by atoms with E-state index in [0.717, 1.165) is 16.5 Å². The van der Waals surface area contributed by atoms with Gasteiger partial charge < -0.3 is 4.98 Å². The molecule has 0 aliphatic carbocycles. The number of anilines is 1. The molecule has 0 spiro atoms. The summed E-state index contributed by atoms with van der Waals surface area (Å²) in [5.41, 5.74) is 3.07. The number of H-pyrrole nitrogens is 1. The highest BCUT2D eigenvalue weighted by molar-refractivity contribution is 6.29. The first-order valence-electron chi connectivity index (χ1n) is 7.43. The van der Waals surface area contributed by atoms with Crippen LogP contribution in [0, 0.1) is 0 Å². The molecule has 0 unspecified atom stereocenters. The van der Waals surface area contributed by atoms with Crippen molar-refractivity contribution in [2.24, 2.45) is 0 Å². The zero-order valence-corrected chi connectivity index (χ0v) is 12.3. The standard InChI is InChI=1S/C19H14N2O2/c22-18-11-13(19(23)21(18)15-6-2-1-3-7-15)10-14-12-20-17-9-5-4-8-16(14)17/h1-10,12,20H,11H2/b13-10-. The van der Waals surface area contributed by atoms with E-state index in [2.05, 4.69) is 4.98 Å². The van der Waals surface area contributed by atoms with E-state index in [-0.39, 0.29) is 18.2 Å².